The molecule has 2 aromatic rings. The van der Waals surface area contributed by atoms with Gasteiger partial charge in [0.05, 0.1) is 12.6 Å². The quantitative estimate of drug-likeness (QED) is 0.844. The van der Waals surface area contributed by atoms with Gasteiger partial charge in [-0.15, -0.1) is 0 Å². The van der Waals surface area contributed by atoms with Crippen molar-refractivity contribution in [2.24, 2.45) is 0 Å². The van der Waals surface area contributed by atoms with E-state index in [1.807, 2.05) is 30.3 Å². The van der Waals surface area contributed by atoms with Crippen molar-refractivity contribution in [2.45, 2.75) is 12.6 Å². The first kappa shape index (κ1) is 10.6. The van der Waals surface area contributed by atoms with Crippen LogP contribution in [0.1, 0.15) is 11.7 Å². The Labute approximate surface area is 93.6 Å². The summed E-state index contributed by atoms with van der Waals surface area (Å²) in [4.78, 5) is 10.9. The van der Waals surface area contributed by atoms with E-state index in [9.17, 15) is 9.90 Å². The molecule has 0 fully saturated rings. The normalized spacial score (nSPS) is 12.3. The Kier molecular flexibility index (Phi) is 3.17. The predicted molar refractivity (Wildman–Crippen MR) is 62.1 cm³/mol. The summed E-state index contributed by atoms with van der Waals surface area (Å²) in [7, 11) is 0. The van der Waals surface area contributed by atoms with Crippen molar-refractivity contribution in [1.82, 2.24) is 4.57 Å². The molecule has 2 rings (SSSR count). The summed E-state index contributed by atoms with van der Waals surface area (Å²) in [6, 6.07) is 12.4. The minimum Gasteiger partial charge on any atom is -0.387 e. The van der Waals surface area contributed by atoms with E-state index in [1.165, 1.54) is 12.1 Å². The van der Waals surface area contributed by atoms with Crippen molar-refractivity contribution in [1.29, 1.82) is 0 Å². The number of hydrogen-bond donors (Lipinski definition) is 1. The van der Waals surface area contributed by atoms with Crippen LogP contribution in [0.2, 0.25) is 0 Å². The molecule has 0 saturated heterocycles. The summed E-state index contributed by atoms with van der Waals surface area (Å²) in [6.07, 6.45) is 2.80. The number of benzene rings is 1. The highest BCUT2D eigenvalue weighted by molar-refractivity contribution is 5.17. The smallest absolute Gasteiger partial charge is 0.181 e. The zero-order chi connectivity index (χ0) is 11.4. The first-order valence-corrected chi connectivity index (χ1v) is 5.15. The molecule has 16 heavy (non-hydrogen) atoms. The van der Waals surface area contributed by atoms with Crippen LogP contribution in [0.4, 0.5) is 0 Å². The van der Waals surface area contributed by atoms with E-state index in [-0.39, 0.29) is 5.43 Å². The lowest BCUT2D eigenvalue weighted by atomic mass is 10.1. The minimum absolute atomic E-state index is 0.0227. The molecule has 0 amide bonds. The number of aliphatic hydroxyl groups is 1. The Morgan fingerprint density at radius 3 is 2.31 bits per heavy atom. The molecule has 0 bridgehead atoms. The molecule has 1 unspecified atom stereocenters. The van der Waals surface area contributed by atoms with Crippen LogP contribution >= 0.6 is 0 Å². The fourth-order valence-corrected chi connectivity index (χ4v) is 1.55. The Morgan fingerprint density at radius 2 is 1.69 bits per heavy atom. The van der Waals surface area contributed by atoms with Crippen molar-refractivity contribution < 1.29 is 5.11 Å². The Bertz CT molecular complexity index is 484. The van der Waals surface area contributed by atoms with Crippen LogP contribution in [-0.4, -0.2) is 9.67 Å². The molecular formula is C13H13NO2. The van der Waals surface area contributed by atoms with Gasteiger partial charge in [0.25, 0.3) is 0 Å². The number of hydrogen-bond acceptors (Lipinski definition) is 2. The molecule has 0 aliphatic heterocycles. The van der Waals surface area contributed by atoms with Gasteiger partial charge >= 0.3 is 0 Å². The SMILES string of the molecule is O=c1ccn(CC(O)c2ccccc2)cc1. The number of aromatic nitrogens is 1. The highest BCUT2D eigenvalue weighted by atomic mass is 16.3. The predicted octanol–water partition coefficient (Wildman–Crippen LogP) is 1.58. The second kappa shape index (κ2) is 4.77. The van der Waals surface area contributed by atoms with Crippen molar-refractivity contribution in [2.75, 3.05) is 0 Å². The molecule has 1 N–H and O–H groups in total. The van der Waals surface area contributed by atoms with Crippen LogP contribution in [-0.2, 0) is 6.54 Å². The molecule has 1 heterocycles. The van der Waals surface area contributed by atoms with Gasteiger partial charge in [0.15, 0.2) is 5.43 Å². The topological polar surface area (TPSA) is 42.2 Å². The second-order valence-corrected chi connectivity index (χ2v) is 3.66. The molecule has 3 heteroatoms. The molecule has 1 aromatic carbocycles. The van der Waals surface area contributed by atoms with E-state index in [0.29, 0.717) is 6.54 Å². The van der Waals surface area contributed by atoms with Crippen LogP contribution < -0.4 is 5.43 Å². The first-order valence-electron chi connectivity index (χ1n) is 5.15. The van der Waals surface area contributed by atoms with E-state index in [0.717, 1.165) is 5.56 Å². The van der Waals surface area contributed by atoms with Gasteiger partial charge in [0.1, 0.15) is 0 Å². The maximum absolute atomic E-state index is 10.9. The summed E-state index contributed by atoms with van der Waals surface area (Å²) >= 11 is 0. The summed E-state index contributed by atoms with van der Waals surface area (Å²) in [5.41, 5.74) is 0.853. The molecule has 1 aromatic heterocycles. The molecule has 0 radical (unpaired) electrons. The van der Waals surface area contributed by atoms with E-state index >= 15 is 0 Å². The third-order valence-corrected chi connectivity index (χ3v) is 2.43. The molecule has 0 aliphatic rings. The lowest BCUT2D eigenvalue weighted by Crippen LogP contribution is -2.10. The minimum atomic E-state index is -0.552. The molecule has 3 nitrogen and oxygen atoms in total. The summed E-state index contributed by atoms with van der Waals surface area (Å²) in [5.74, 6) is 0. The van der Waals surface area contributed by atoms with Crippen molar-refractivity contribution in [3.05, 3.63) is 70.6 Å². The zero-order valence-electron chi connectivity index (χ0n) is 8.78. The molecular weight excluding hydrogens is 202 g/mol. The Balaban J connectivity index is 2.11. The van der Waals surface area contributed by atoms with Crippen LogP contribution in [0.15, 0.2) is 59.7 Å². The molecule has 0 spiro atoms. The van der Waals surface area contributed by atoms with E-state index in [4.69, 9.17) is 0 Å². The summed E-state index contributed by atoms with van der Waals surface area (Å²) in [5, 5.41) is 9.94. The molecule has 1 atom stereocenters. The van der Waals surface area contributed by atoms with Gasteiger partial charge in [0.2, 0.25) is 0 Å². The standard InChI is InChI=1S/C13H13NO2/c15-12-6-8-14(9-7-12)10-13(16)11-4-2-1-3-5-11/h1-9,13,16H,10H2. The van der Waals surface area contributed by atoms with E-state index in [1.54, 1.807) is 17.0 Å². The molecule has 82 valence electrons. The Morgan fingerprint density at radius 1 is 1.06 bits per heavy atom. The maximum Gasteiger partial charge on any atom is 0.181 e. The molecule has 0 saturated carbocycles. The fourth-order valence-electron chi connectivity index (χ4n) is 1.55. The number of nitrogens with zero attached hydrogens (tertiary/aromatic N) is 1. The van der Waals surface area contributed by atoms with Gasteiger partial charge in [0, 0.05) is 24.5 Å². The average Bonchev–Trinajstić information content (AvgIpc) is 2.33. The van der Waals surface area contributed by atoms with Gasteiger partial charge in [-0.2, -0.15) is 0 Å². The monoisotopic (exact) mass is 215 g/mol. The van der Waals surface area contributed by atoms with Crippen molar-refractivity contribution >= 4 is 0 Å². The van der Waals surface area contributed by atoms with E-state index < -0.39 is 6.10 Å². The van der Waals surface area contributed by atoms with E-state index in [2.05, 4.69) is 0 Å². The zero-order valence-corrected chi connectivity index (χ0v) is 8.78. The highest BCUT2D eigenvalue weighted by Crippen LogP contribution is 2.13. The van der Waals surface area contributed by atoms with Crippen molar-refractivity contribution in [3.8, 4) is 0 Å². The third kappa shape index (κ3) is 2.58. The van der Waals surface area contributed by atoms with Crippen LogP contribution in [0.5, 0.6) is 0 Å². The lowest BCUT2D eigenvalue weighted by Gasteiger charge is -2.12. The van der Waals surface area contributed by atoms with Crippen molar-refractivity contribution in [3.63, 3.8) is 0 Å². The van der Waals surface area contributed by atoms with Crippen LogP contribution in [0, 0.1) is 0 Å². The third-order valence-electron chi connectivity index (χ3n) is 2.43. The maximum atomic E-state index is 10.9. The van der Waals surface area contributed by atoms with Gasteiger partial charge < -0.3 is 9.67 Å². The largest absolute Gasteiger partial charge is 0.387 e. The highest BCUT2D eigenvalue weighted by Gasteiger charge is 2.06. The molecule has 0 aliphatic carbocycles. The number of aliphatic hydroxyl groups excluding tert-OH is 1. The van der Waals surface area contributed by atoms with Gasteiger partial charge in [-0.1, -0.05) is 30.3 Å². The fraction of sp³-hybridized carbons (Fsp3) is 0.154. The van der Waals surface area contributed by atoms with Crippen LogP contribution in [0.3, 0.4) is 0 Å². The average molecular weight is 215 g/mol. The number of pyridine rings is 1. The van der Waals surface area contributed by atoms with Gasteiger partial charge in [-0.25, -0.2) is 0 Å². The van der Waals surface area contributed by atoms with Gasteiger partial charge in [-0.05, 0) is 5.56 Å². The van der Waals surface area contributed by atoms with Crippen LogP contribution in [0.25, 0.3) is 0 Å². The first-order chi connectivity index (χ1) is 7.75. The Hall–Kier alpha value is -1.87. The summed E-state index contributed by atoms with van der Waals surface area (Å²) < 4.78 is 1.79. The lowest BCUT2D eigenvalue weighted by molar-refractivity contribution is 0.156. The second-order valence-electron chi connectivity index (χ2n) is 3.66. The summed E-state index contributed by atoms with van der Waals surface area (Å²) in [6.45, 7) is 0.449. The number of rotatable bonds is 3. The van der Waals surface area contributed by atoms with Gasteiger partial charge in [-0.3, -0.25) is 4.79 Å².